The van der Waals surface area contributed by atoms with E-state index in [0.29, 0.717) is 50.4 Å². The van der Waals surface area contributed by atoms with Gasteiger partial charge < -0.3 is 15.3 Å². The number of nitrogens with one attached hydrogen (secondary N) is 1. The molecule has 0 bridgehead atoms. The van der Waals surface area contributed by atoms with Crippen LogP contribution in [0.1, 0.15) is 50.3 Å². The molecular weight excluding hydrogens is 304 g/mol. The molecule has 6 nitrogen and oxygen atoms in total. The number of aromatic nitrogens is 1. The maximum absolute atomic E-state index is 12.3. The zero-order valence-electron chi connectivity index (χ0n) is 14.2. The second-order valence-electron chi connectivity index (χ2n) is 7.21. The number of carbonyl (C=O) groups excluding carboxylic acids is 1. The van der Waals surface area contributed by atoms with Crippen LogP contribution in [-0.4, -0.2) is 41.7 Å². The summed E-state index contributed by atoms with van der Waals surface area (Å²) >= 11 is 0. The third-order valence-corrected chi connectivity index (χ3v) is 5.24. The fourth-order valence-corrected chi connectivity index (χ4v) is 3.70. The van der Waals surface area contributed by atoms with Gasteiger partial charge in [0.05, 0.1) is 17.1 Å². The number of nitriles is 1. The molecule has 3 rings (SSSR count). The molecule has 24 heavy (non-hydrogen) atoms. The Bertz CT molecular complexity index is 672. The highest BCUT2D eigenvalue weighted by Crippen LogP contribution is 2.39. The van der Waals surface area contributed by atoms with E-state index in [4.69, 9.17) is 0 Å². The Balaban J connectivity index is 1.81. The molecule has 2 saturated heterocycles. The first-order valence-electron chi connectivity index (χ1n) is 8.57. The molecule has 6 heteroatoms. The van der Waals surface area contributed by atoms with E-state index in [-0.39, 0.29) is 5.91 Å². The number of hydrogen-bond donors (Lipinski definition) is 2. The number of anilines is 1. The number of amides is 1. The first-order valence-corrected chi connectivity index (χ1v) is 8.57. The first kappa shape index (κ1) is 16.7. The molecule has 1 atom stereocenters. The van der Waals surface area contributed by atoms with Gasteiger partial charge in [-0.15, -0.1) is 0 Å². The second-order valence-corrected chi connectivity index (χ2v) is 7.21. The molecule has 0 aliphatic carbocycles. The topological polar surface area (TPSA) is 89.3 Å². The molecule has 1 aromatic rings. The molecule has 128 valence electrons. The highest BCUT2D eigenvalue weighted by Gasteiger charge is 2.45. The van der Waals surface area contributed by atoms with Crippen LogP contribution >= 0.6 is 0 Å². The molecule has 2 fully saturated rings. The second kappa shape index (κ2) is 6.40. The van der Waals surface area contributed by atoms with Gasteiger partial charge in [0.1, 0.15) is 11.9 Å². The van der Waals surface area contributed by atoms with Crippen molar-refractivity contribution in [2.75, 3.05) is 24.5 Å². The van der Waals surface area contributed by atoms with E-state index >= 15 is 0 Å². The number of nitrogens with zero attached hydrogens (tertiary/aromatic N) is 3. The zero-order valence-corrected chi connectivity index (χ0v) is 14.2. The van der Waals surface area contributed by atoms with Gasteiger partial charge in [-0.2, -0.15) is 5.26 Å². The highest BCUT2D eigenvalue weighted by molar-refractivity contribution is 5.84. The van der Waals surface area contributed by atoms with Gasteiger partial charge in [0.15, 0.2) is 0 Å². The molecule has 1 aromatic heterocycles. The van der Waals surface area contributed by atoms with Gasteiger partial charge in [0, 0.05) is 25.3 Å². The molecule has 0 radical (unpaired) electrons. The fourth-order valence-electron chi connectivity index (χ4n) is 3.70. The summed E-state index contributed by atoms with van der Waals surface area (Å²) in [6.45, 7) is 5.85. The molecule has 0 aromatic carbocycles. The molecule has 0 saturated carbocycles. The number of pyridine rings is 1. The molecule has 1 spiro atoms. The van der Waals surface area contributed by atoms with Crippen molar-refractivity contribution in [1.82, 2.24) is 10.3 Å². The minimum absolute atomic E-state index is 0.0526. The van der Waals surface area contributed by atoms with Crippen molar-refractivity contribution in [3.8, 4) is 6.07 Å². The number of aliphatic hydroxyl groups excluding tert-OH is 1. The maximum Gasteiger partial charge on any atom is 0.226 e. The number of rotatable bonds is 2. The normalized spacial score (nSPS) is 23.2. The average Bonchev–Trinajstić information content (AvgIpc) is 2.58. The standard InChI is InChI=1S/C18H24N4O2/c1-12(2)15-4-3-13(10-19)16(21-15)22-7-5-18(6-8-22)9-14(23)11-20-17(18)24/h3-4,12,14,23H,5-9,11H2,1-2H3,(H,20,24). The van der Waals surface area contributed by atoms with E-state index in [1.54, 1.807) is 0 Å². The molecule has 1 unspecified atom stereocenters. The number of β-amino-alcohol motifs (C(OH)–C–C–N with tert-alkyl or cyclic N) is 1. The van der Waals surface area contributed by atoms with Gasteiger partial charge in [-0.3, -0.25) is 4.79 Å². The summed E-state index contributed by atoms with van der Waals surface area (Å²) < 4.78 is 0. The Morgan fingerprint density at radius 3 is 2.75 bits per heavy atom. The summed E-state index contributed by atoms with van der Waals surface area (Å²) in [7, 11) is 0. The summed E-state index contributed by atoms with van der Waals surface area (Å²) in [5.74, 6) is 1.07. The van der Waals surface area contributed by atoms with Crippen LogP contribution in [0.3, 0.4) is 0 Å². The van der Waals surface area contributed by atoms with Crippen LogP contribution in [0.25, 0.3) is 0 Å². The minimum Gasteiger partial charge on any atom is -0.391 e. The van der Waals surface area contributed by atoms with Crippen LogP contribution in [-0.2, 0) is 4.79 Å². The van der Waals surface area contributed by atoms with Crippen molar-refractivity contribution in [3.63, 3.8) is 0 Å². The summed E-state index contributed by atoms with van der Waals surface area (Å²) in [6, 6.07) is 5.96. The predicted molar refractivity (Wildman–Crippen MR) is 90.6 cm³/mol. The SMILES string of the molecule is CC(C)c1ccc(C#N)c(N2CCC3(CC2)CC(O)CNC3=O)n1. The summed E-state index contributed by atoms with van der Waals surface area (Å²) in [5, 5.41) is 22.1. The quantitative estimate of drug-likeness (QED) is 0.860. The van der Waals surface area contributed by atoms with E-state index in [2.05, 4.69) is 35.1 Å². The summed E-state index contributed by atoms with van der Waals surface area (Å²) in [4.78, 5) is 19.1. The Morgan fingerprint density at radius 2 is 2.12 bits per heavy atom. The number of carbonyl (C=O) groups is 1. The third kappa shape index (κ3) is 2.96. The van der Waals surface area contributed by atoms with E-state index in [0.717, 1.165) is 11.5 Å². The van der Waals surface area contributed by atoms with Gasteiger partial charge in [0.25, 0.3) is 0 Å². The number of hydrogen-bond acceptors (Lipinski definition) is 5. The largest absolute Gasteiger partial charge is 0.391 e. The highest BCUT2D eigenvalue weighted by atomic mass is 16.3. The molecule has 2 N–H and O–H groups in total. The van der Waals surface area contributed by atoms with E-state index in [1.165, 1.54) is 0 Å². The molecule has 3 heterocycles. The van der Waals surface area contributed by atoms with E-state index in [9.17, 15) is 15.2 Å². The fraction of sp³-hybridized carbons (Fsp3) is 0.611. The number of piperidine rings is 2. The molecule has 2 aliphatic rings. The van der Waals surface area contributed by atoms with Crippen LogP contribution in [0.2, 0.25) is 0 Å². The van der Waals surface area contributed by atoms with Crippen molar-refractivity contribution in [2.24, 2.45) is 5.41 Å². The lowest BCUT2D eigenvalue weighted by Crippen LogP contribution is -2.56. The average molecular weight is 328 g/mol. The van der Waals surface area contributed by atoms with Gasteiger partial charge >= 0.3 is 0 Å². The first-order chi connectivity index (χ1) is 11.4. The smallest absolute Gasteiger partial charge is 0.226 e. The predicted octanol–water partition coefficient (Wildman–Crippen LogP) is 1.54. The van der Waals surface area contributed by atoms with E-state index in [1.807, 2.05) is 12.1 Å². The molecule has 2 aliphatic heterocycles. The molecule has 1 amide bonds. The summed E-state index contributed by atoms with van der Waals surface area (Å²) in [5.41, 5.74) is 1.06. The minimum atomic E-state index is -0.476. The van der Waals surface area contributed by atoms with Crippen LogP contribution in [0.4, 0.5) is 5.82 Å². The van der Waals surface area contributed by atoms with Gasteiger partial charge in [-0.25, -0.2) is 4.98 Å². The van der Waals surface area contributed by atoms with Gasteiger partial charge in [-0.1, -0.05) is 13.8 Å². The lowest BCUT2D eigenvalue weighted by atomic mass is 9.71. The lowest BCUT2D eigenvalue weighted by molar-refractivity contribution is -0.138. The third-order valence-electron chi connectivity index (χ3n) is 5.24. The van der Waals surface area contributed by atoms with Crippen molar-refractivity contribution < 1.29 is 9.90 Å². The van der Waals surface area contributed by atoms with Gasteiger partial charge in [-0.05, 0) is 37.3 Å². The molecular formula is C18H24N4O2. The monoisotopic (exact) mass is 328 g/mol. The number of aliphatic hydroxyl groups is 1. The summed E-state index contributed by atoms with van der Waals surface area (Å²) in [6.07, 6.45) is 1.41. The van der Waals surface area contributed by atoms with Crippen LogP contribution in [0.5, 0.6) is 0 Å². The van der Waals surface area contributed by atoms with Crippen molar-refractivity contribution in [2.45, 2.75) is 45.1 Å². The lowest BCUT2D eigenvalue weighted by Gasteiger charge is -2.44. The van der Waals surface area contributed by atoms with E-state index < -0.39 is 11.5 Å². The van der Waals surface area contributed by atoms with Crippen molar-refractivity contribution in [3.05, 3.63) is 23.4 Å². The van der Waals surface area contributed by atoms with Crippen LogP contribution in [0.15, 0.2) is 12.1 Å². The Labute approximate surface area is 142 Å². The Kier molecular flexibility index (Phi) is 4.46. The van der Waals surface area contributed by atoms with Crippen LogP contribution in [0, 0.1) is 16.7 Å². The van der Waals surface area contributed by atoms with Crippen molar-refractivity contribution in [1.29, 1.82) is 5.26 Å². The van der Waals surface area contributed by atoms with Gasteiger partial charge in [0.2, 0.25) is 5.91 Å². The Morgan fingerprint density at radius 1 is 1.42 bits per heavy atom. The van der Waals surface area contributed by atoms with Crippen LogP contribution < -0.4 is 10.2 Å². The van der Waals surface area contributed by atoms with Crippen molar-refractivity contribution >= 4 is 11.7 Å². The zero-order chi connectivity index (χ0) is 17.3. The maximum atomic E-state index is 12.3. The Hall–Kier alpha value is -2.13.